The molecule has 0 spiro atoms. The van der Waals surface area contributed by atoms with Gasteiger partial charge in [-0.05, 0) is 155 Å². The van der Waals surface area contributed by atoms with Gasteiger partial charge in [0.15, 0.2) is 0 Å². The van der Waals surface area contributed by atoms with E-state index in [1.165, 1.54) is 0 Å². The SMILES string of the molecule is CCOC(=O)CC1CCCN(CCOc2ccc(NC(=O)Nc3ccc(Cl)cc3)cc2-c2ccnn2C)C1.Cn1nccc1-c1cc(NC(=O)Nc2ccc(Cl)cc2)ccc1OCCN1CCCC(CC(=O)O)C1. The van der Waals surface area contributed by atoms with Crippen LogP contribution in [0, 0.1) is 11.8 Å². The lowest BCUT2D eigenvalue weighted by Gasteiger charge is -2.32. The third-order valence-corrected chi connectivity index (χ3v) is 13.1. The predicted octanol–water partition coefficient (Wildman–Crippen LogP) is 10.4. The van der Waals surface area contributed by atoms with Crippen LogP contribution >= 0.6 is 23.2 Å². The number of ether oxygens (including phenoxy) is 3. The van der Waals surface area contributed by atoms with Gasteiger partial charge in [-0.15, -0.1) is 0 Å². The molecule has 2 saturated heterocycles. The zero-order valence-electron chi connectivity index (χ0n) is 41.9. The van der Waals surface area contributed by atoms with Crippen molar-refractivity contribution < 1.29 is 38.5 Å². The number of carbonyl (C=O) groups is 4. The van der Waals surface area contributed by atoms with Gasteiger partial charge in [0, 0.05) is 109 Å². The van der Waals surface area contributed by atoms with Gasteiger partial charge in [-0.3, -0.25) is 28.8 Å². The number of nitrogens with one attached hydrogen (secondary N) is 4. The quantitative estimate of drug-likeness (QED) is 0.0481. The molecule has 18 nitrogen and oxygen atoms in total. The molecular formula is C54H64Cl2N10O8. The molecule has 74 heavy (non-hydrogen) atoms. The van der Waals surface area contributed by atoms with Gasteiger partial charge in [0.25, 0.3) is 0 Å². The summed E-state index contributed by atoms with van der Waals surface area (Å²) in [6.07, 6.45) is 8.17. The summed E-state index contributed by atoms with van der Waals surface area (Å²) in [6.45, 7) is 8.26. The maximum Gasteiger partial charge on any atom is 0.323 e. The van der Waals surface area contributed by atoms with E-state index in [1.54, 1.807) is 76.4 Å². The zero-order chi connectivity index (χ0) is 52.4. The average Bonchev–Trinajstić information content (AvgIpc) is 4.01. The van der Waals surface area contributed by atoms with Crippen LogP contribution < -0.4 is 30.7 Å². The topological polar surface area (TPSA) is 206 Å². The van der Waals surface area contributed by atoms with Gasteiger partial charge in [-0.1, -0.05) is 23.2 Å². The fourth-order valence-corrected chi connectivity index (χ4v) is 9.36. The predicted molar refractivity (Wildman–Crippen MR) is 288 cm³/mol. The summed E-state index contributed by atoms with van der Waals surface area (Å²) >= 11 is 11.8. The van der Waals surface area contributed by atoms with E-state index in [2.05, 4.69) is 41.3 Å². The van der Waals surface area contributed by atoms with E-state index in [1.807, 2.05) is 63.5 Å². The highest BCUT2D eigenvalue weighted by Crippen LogP contribution is 2.34. The molecule has 5 N–H and O–H groups in total. The molecule has 4 aromatic carbocycles. The van der Waals surface area contributed by atoms with Gasteiger partial charge >= 0.3 is 24.0 Å². The molecule has 2 atom stereocenters. The number of rotatable bonds is 19. The normalized spacial score (nSPS) is 15.7. The van der Waals surface area contributed by atoms with E-state index in [4.69, 9.17) is 42.5 Å². The number of amides is 4. The number of urea groups is 2. The number of carboxylic acid groups (broad SMARTS) is 1. The van der Waals surface area contributed by atoms with E-state index in [9.17, 15) is 19.2 Å². The first-order valence-corrected chi connectivity index (χ1v) is 25.5. The van der Waals surface area contributed by atoms with Crippen molar-refractivity contribution in [3.05, 3.63) is 120 Å². The van der Waals surface area contributed by atoms with Crippen LogP contribution in [0.15, 0.2) is 109 Å². The molecule has 392 valence electrons. The summed E-state index contributed by atoms with van der Waals surface area (Å²) in [7, 11) is 3.71. The molecule has 20 heteroatoms. The van der Waals surface area contributed by atoms with Crippen molar-refractivity contribution in [3.8, 4) is 34.0 Å². The number of carboxylic acids is 1. The second-order valence-corrected chi connectivity index (χ2v) is 19.1. The Bertz CT molecular complexity index is 2810. The van der Waals surface area contributed by atoms with Crippen molar-refractivity contribution in [2.75, 3.05) is 80.4 Å². The van der Waals surface area contributed by atoms with Crippen molar-refractivity contribution in [2.24, 2.45) is 25.9 Å². The molecule has 2 aromatic heterocycles. The highest BCUT2D eigenvalue weighted by Gasteiger charge is 2.24. The highest BCUT2D eigenvalue weighted by atomic mass is 35.5. The van der Waals surface area contributed by atoms with Crippen LogP contribution in [0.25, 0.3) is 22.5 Å². The monoisotopic (exact) mass is 1050 g/mol. The number of piperidine rings is 2. The lowest BCUT2D eigenvalue weighted by atomic mass is 9.95. The number of aryl methyl sites for hydroxylation is 2. The Morgan fingerprint density at radius 2 is 1.03 bits per heavy atom. The molecule has 6 aromatic rings. The molecule has 8 rings (SSSR count). The van der Waals surface area contributed by atoms with Crippen LogP contribution in [-0.2, 0) is 28.4 Å². The average molecular weight is 1050 g/mol. The summed E-state index contributed by atoms with van der Waals surface area (Å²) in [4.78, 5) is 52.6. The molecule has 2 unspecified atom stereocenters. The summed E-state index contributed by atoms with van der Waals surface area (Å²) in [5.41, 5.74) is 5.86. The first kappa shape index (κ1) is 54.6. The summed E-state index contributed by atoms with van der Waals surface area (Å²) in [6, 6.07) is 27.9. The van der Waals surface area contributed by atoms with Crippen LogP contribution in [0.2, 0.25) is 10.0 Å². The van der Waals surface area contributed by atoms with Crippen LogP contribution in [0.5, 0.6) is 11.5 Å². The van der Waals surface area contributed by atoms with Crippen LogP contribution in [0.4, 0.5) is 32.3 Å². The minimum absolute atomic E-state index is 0.119. The maximum atomic E-state index is 12.6. The number of hydrogen-bond donors (Lipinski definition) is 5. The Labute approximate surface area is 441 Å². The second kappa shape index (κ2) is 27.2. The van der Waals surface area contributed by atoms with Crippen molar-refractivity contribution in [3.63, 3.8) is 0 Å². The second-order valence-electron chi connectivity index (χ2n) is 18.2. The zero-order valence-corrected chi connectivity index (χ0v) is 43.4. The molecule has 2 aliphatic rings. The number of esters is 1. The summed E-state index contributed by atoms with van der Waals surface area (Å²) in [5, 5.41) is 30.2. The third kappa shape index (κ3) is 16.7. The number of aromatic nitrogens is 4. The third-order valence-electron chi connectivity index (χ3n) is 12.6. The first-order valence-electron chi connectivity index (χ1n) is 24.8. The number of aliphatic carboxylic acids is 1. The number of anilines is 4. The molecule has 0 saturated carbocycles. The van der Waals surface area contributed by atoms with E-state index in [0.717, 1.165) is 80.9 Å². The van der Waals surface area contributed by atoms with E-state index in [0.29, 0.717) is 83.0 Å². The minimum Gasteiger partial charge on any atom is -0.492 e. The van der Waals surface area contributed by atoms with Crippen molar-refractivity contribution in [1.82, 2.24) is 29.4 Å². The Hall–Kier alpha value is -7.12. The van der Waals surface area contributed by atoms with Gasteiger partial charge in [-0.25, -0.2) is 9.59 Å². The standard InChI is InChI=1S/C28H34ClN5O4.C26H30ClN5O4/c1-3-37-27(35)17-20-5-4-14-34(19-20)15-16-38-26-11-10-23(18-24(26)25-12-13-30-33(25)2)32-28(36)31-22-8-6-21(29)7-9-22;1-31-23(10-11-28-31)22-16-21(30-26(35)29-20-6-4-19(27)5-7-20)8-9-24(22)36-14-13-32-12-2-3-18(17-32)15-25(33)34/h6-13,18,20H,3-5,14-17,19H2,1-2H3,(H2,31,32,36);4-11,16,18H,2-3,12-15,17H2,1H3,(H,33,34)(H2,29,30,35). The number of nitrogens with zero attached hydrogens (tertiary/aromatic N) is 6. The number of halogens is 2. The van der Waals surface area contributed by atoms with E-state index >= 15 is 0 Å². The molecule has 4 amide bonds. The molecule has 0 radical (unpaired) electrons. The fraction of sp³-hybridized carbons (Fsp3) is 0.370. The minimum atomic E-state index is -0.741. The number of carbonyl (C=O) groups excluding carboxylic acids is 3. The summed E-state index contributed by atoms with van der Waals surface area (Å²) in [5.74, 6) is 1.03. The Kier molecular flexibility index (Phi) is 20.1. The van der Waals surface area contributed by atoms with E-state index < -0.39 is 5.97 Å². The molecular weight excluding hydrogens is 988 g/mol. The molecule has 4 heterocycles. The molecule has 2 fully saturated rings. The molecule has 0 aliphatic carbocycles. The van der Waals surface area contributed by atoms with Crippen LogP contribution in [0.1, 0.15) is 45.4 Å². The fourth-order valence-electron chi connectivity index (χ4n) is 9.11. The largest absolute Gasteiger partial charge is 0.492 e. The van der Waals surface area contributed by atoms with Gasteiger partial charge in [0.2, 0.25) is 0 Å². The van der Waals surface area contributed by atoms with Crippen molar-refractivity contribution >= 4 is 70.0 Å². The Morgan fingerprint density at radius 1 is 0.608 bits per heavy atom. The Morgan fingerprint density at radius 3 is 1.43 bits per heavy atom. The first-order chi connectivity index (χ1) is 35.8. The highest BCUT2D eigenvalue weighted by molar-refractivity contribution is 6.31. The number of hydrogen-bond acceptors (Lipinski definition) is 11. The Balaban J connectivity index is 0.000000217. The number of benzene rings is 4. The maximum absolute atomic E-state index is 12.6. The van der Waals surface area contributed by atoms with Crippen molar-refractivity contribution in [1.29, 1.82) is 0 Å². The smallest absolute Gasteiger partial charge is 0.323 e. The van der Waals surface area contributed by atoms with Gasteiger partial charge in [0.1, 0.15) is 24.7 Å². The lowest BCUT2D eigenvalue weighted by molar-refractivity contribution is -0.144. The van der Waals surface area contributed by atoms with Gasteiger partial charge in [-0.2, -0.15) is 10.2 Å². The summed E-state index contributed by atoms with van der Waals surface area (Å²) < 4.78 is 21.0. The van der Waals surface area contributed by atoms with Gasteiger partial charge < -0.3 is 40.6 Å². The molecule has 2 aliphatic heterocycles. The van der Waals surface area contributed by atoms with Crippen LogP contribution in [-0.4, -0.2) is 118 Å². The van der Waals surface area contributed by atoms with Crippen molar-refractivity contribution in [2.45, 2.75) is 45.4 Å². The van der Waals surface area contributed by atoms with Gasteiger partial charge in [0.05, 0.1) is 18.0 Å². The molecule has 0 bridgehead atoms. The van der Waals surface area contributed by atoms with E-state index in [-0.39, 0.29) is 30.4 Å². The van der Waals surface area contributed by atoms with Crippen LogP contribution in [0.3, 0.4) is 0 Å². The lowest BCUT2D eigenvalue weighted by Crippen LogP contribution is -2.38. The number of likely N-dealkylation sites (tertiary alicyclic amines) is 2.